The zero-order valence-electron chi connectivity index (χ0n) is 9.61. The molecule has 1 N–H and O–H groups in total. The summed E-state index contributed by atoms with van der Waals surface area (Å²) in [6.07, 6.45) is 2.29. The van der Waals surface area contributed by atoms with E-state index in [2.05, 4.69) is 20.2 Å². The molecule has 0 fully saturated rings. The quantitative estimate of drug-likeness (QED) is 0.741. The molecule has 1 aromatic rings. The van der Waals surface area contributed by atoms with Gasteiger partial charge >= 0.3 is 0 Å². The smallest absolute Gasteiger partial charge is 0.222 e. The first-order valence-corrected chi connectivity index (χ1v) is 5.11. The van der Waals surface area contributed by atoms with Gasteiger partial charge in [0.05, 0.1) is 19.0 Å². The van der Waals surface area contributed by atoms with Crippen LogP contribution in [0.2, 0.25) is 0 Å². The van der Waals surface area contributed by atoms with Crippen molar-refractivity contribution in [2.75, 3.05) is 45.7 Å². The van der Waals surface area contributed by atoms with Crippen molar-refractivity contribution in [3.8, 4) is 0 Å². The lowest BCUT2D eigenvalue weighted by Crippen LogP contribution is -2.28. The summed E-state index contributed by atoms with van der Waals surface area (Å²) in [4.78, 5) is 9.72. The van der Waals surface area contributed by atoms with Gasteiger partial charge in [0.15, 0.2) is 5.82 Å². The number of rotatable bonds is 7. The van der Waals surface area contributed by atoms with Gasteiger partial charge < -0.3 is 15.0 Å². The maximum Gasteiger partial charge on any atom is 0.222 e. The predicted molar refractivity (Wildman–Crippen MR) is 59.9 cm³/mol. The summed E-state index contributed by atoms with van der Waals surface area (Å²) in [5.74, 6) is 0.0179. The van der Waals surface area contributed by atoms with Crippen LogP contribution in [0.4, 0.5) is 10.3 Å². The molecular formula is C10H17FN4O. The van der Waals surface area contributed by atoms with Crippen LogP contribution < -0.4 is 5.32 Å². The van der Waals surface area contributed by atoms with Gasteiger partial charge in [0, 0.05) is 26.7 Å². The summed E-state index contributed by atoms with van der Waals surface area (Å²) in [6, 6.07) is 0. The van der Waals surface area contributed by atoms with Crippen LogP contribution in [0.1, 0.15) is 0 Å². The van der Waals surface area contributed by atoms with Crippen molar-refractivity contribution in [3.05, 3.63) is 18.2 Å². The average molecular weight is 228 g/mol. The number of nitrogens with zero attached hydrogens (tertiary/aromatic N) is 3. The molecule has 0 bridgehead atoms. The molecule has 0 aliphatic rings. The van der Waals surface area contributed by atoms with Crippen molar-refractivity contribution in [1.82, 2.24) is 14.9 Å². The summed E-state index contributed by atoms with van der Waals surface area (Å²) in [5, 5.41) is 3.01. The van der Waals surface area contributed by atoms with E-state index in [-0.39, 0.29) is 0 Å². The van der Waals surface area contributed by atoms with Gasteiger partial charge in [0.2, 0.25) is 5.95 Å². The van der Waals surface area contributed by atoms with Crippen molar-refractivity contribution in [2.24, 2.45) is 0 Å². The summed E-state index contributed by atoms with van der Waals surface area (Å²) in [6.45, 7) is 3.15. The first-order valence-electron chi connectivity index (χ1n) is 5.11. The van der Waals surface area contributed by atoms with Gasteiger partial charge in [-0.15, -0.1) is 0 Å². The number of nitrogens with one attached hydrogen (secondary N) is 1. The largest absolute Gasteiger partial charge is 0.383 e. The Hall–Kier alpha value is -1.27. The molecule has 5 nitrogen and oxygen atoms in total. The van der Waals surface area contributed by atoms with E-state index in [0.29, 0.717) is 19.1 Å². The van der Waals surface area contributed by atoms with E-state index in [0.717, 1.165) is 25.5 Å². The lowest BCUT2D eigenvalue weighted by molar-refractivity contribution is 0.163. The Kier molecular flexibility index (Phi) is 5.66. The van der Waals surface area contributed by atoms with Crippen LogP contribution in [0.3, 0.4) is 0 Å². The highest BCUT2D eigenvalue weighted by molar-refractivity contribution is 5.22. The van der Waals surface area contributed by atoms with Crippen molar-refractivity contribution in [1.29, 1.82) is 0 Å². The first kappa shape index (κ1) is 12.8. The summed E-state index contributed by atoms with van der Waals surface area (Å²) in [7, 11) is 3.69. The highest BCUT2D eigenvalue weighted by Gasteiger charge is 1.99. The zero-order valence-corrected chi connectivity index (χ0v) is 9.61. The highest BCUT2D eigenvalue weighted by Crippen LogP contribution is 1.97. The average Bonchev–Trinajstić information content (AvgIpc) is 2.29. The molecule has 0 radical (unpaired) electrons. The molecule has 0 aliphatic carbocycles. The third-order valence-corrected chi connectivity index (χ3v) is 2.07. The maximum atomic E-state index is 12.5. The molecule has 0 unspecified atom stereocenters. The van der Waals surface area contributed by atoms with Crippen molar-refractivity contribution in [3.63, 3.8) is 0 Å². The number of halogens is 1. The monoisotopic (exact) mass is 228 g/mol. The molecule has 0 spiro atoms. The molecule has 16 heavy (non-hydrogen) atoms. The van der Waals surface area contributed by atoms with Gasteiger partial charge in [-0.05, 0) is 7.05 Å². The Labute approximate surface area is 94.6 Å². The van der Waals surface area contributed by atoms with Crippen molar-refractivity contribution >= 4 is 5.95 Å². The minimum Gasteiger partial charge on any atom is -0.383 e. The fourth-order valence-electron chi connectivity index (χ4n) is 1.12. The van der Waals surface area contributed by atoms with Crippen LogP contribution in [0, 0.1) is 5.82 Å². The van der Waals surface area contributed by atoms with Gasteiger partial charge in [-0.25, -0.2) is 14.4 Å². The molecule has 0 aliphatic heterocycles. The molecule has 0 atom stereocenters. The molecule has 0 saturated carbocycles. The van der Waals surface area contributed by atoms with Crippen molar-refractivity contribution in [2.45, 2.75) is 0 Å². The molecule has 0 saturated heterocycles. The van der Waals surface area contributed by atoms with Crippen LogP contribution in [0.15, 0.2) is 12.4 Å². The number of hydrogen-bond acceptors (Lipinski definition) is 5. The first-order chi connectivity index (χ1) is 7.72. The minimum absolute atomic E-state index is 0.428. The number of methoxy groups -OCH3 is 1. The summed E-state index contributed by atoms with van der Waals surface area (Å²) >= 11 is 0. The molecule has 1 aromatic heterocycles. The van der Waals surface area contributed by atoms with Crippen LogP contribution >= 0.6 is 0 Å². The van der Waals surface area contributed by atoms with Crippen LogP contribution in [0.5, 0.6) is 0 Å². The van der Waals surface area contributed by atoms with Crippen LogP contribution in [-0.2, 0) is 4.74 Å². The van der Waals surface area contributed by atoms with E-state index in [9.17, 15) is 4.39 Å². The van der Waals surface area contributed by atoms with Crippen LogP contribution in [0.25, 0.3) is 0 Å². The van der Waals surface area contributed by atoms with E-state index >= 15 is 0 Å². The SMILES string of the molecule is COCCN(C)CCNc1ncc(F)cn1. The highest BCUT2D eigenvalue weighted by atomic mass is 19.1. The molecule has 6 heteroatoms. The Bertz CT molecular complexity index is 293. The topological polar surface area (TPSA) is 50.3 Å². The second kappa shape index (κ2) is 7.08. The molecule has 0 aromatic carbocycles. The molecule has 1 rings (SSSR count). The summed E-state index contributed by atoms with van der Waals surface area (Å²) in [5.41, 5.74) is 0. The normalized spacial score (nSPS) is 10.8. The molecule has 1 heterocycles. The Morgan fingerprint density at radius 1 is 1.38 bits per heavy atom. The van der Waals surface area contributed by atoms with Gasteiger partial charge in [0.1, 0.15) is 0 Å². The Balaban J connectivity index is 2.17. The van der Waals surface area contributed by atoms with Crippen LogP contribution in [-0.4, -0.2) is 55.3 Å². The zero-order chi connectivity index (χ0) is 11.8. The number of aromatic nitrogens is 2. The fourth-order valence-corrected chi connectivity index (χ4v) is 1.12. The maximum absolute atomic E-state index is 12.5. The number of likely N-dealkylation sites (N-methyl/N-ethyl adjacent to an activating group) is 1. The van der Waals surface area contributed by atoms with Gasteiger partial charge in [-0.3, -0.25) is 0 Å². The van der Waals surface area contributed by atoms with Gasteiger partial charge in [0.25, 0.3) is 0 Å². The lowest BCUT2D eigenvalue weighted by atomic mass is 10.5. The standard InChI is InChI=1S/C10H17FN4O/c1-15(5-6-16-2)4-3-12-10-13-7-9(11)8-14-10/h7-8H,3-6H2,1-2H3,(H,12,13,14). The summed E-state index contributed by atoms with van der Waals surface area (Å²) < 4.78 is 17.5. The van der Waals surface area contributed by atoms with Crippen molar-refractivity contribution < 1.29 is 9.13 Å². The van der Waals surface area contributed by atoms with E-state index in [1.54, 1.807) is 7.11 Å². The Morgan fingerprint density at radius 2 is 2.06 bits per heavy atom. The molecule has 90 valence electrons. The second-order valence-corrected chi connectivity index (χ2v) is 3.45. The molecule has 0 amide bonds. The Morgan fingerprint density at radius 3 is 2.69 bits per heavy atom. The minimum atomic E-state index is -0.428. The van der Waals surface area contributed by atoms with Gasteiger partial charge in [-0.1, -0.05) is 0 Å². The van der Waals surface area contributed by atoms with E-state index < -0.39 is 5.82 Å². The van der Waals surface area contributed by atoms with Gasteiger partial charge in [-0.2, -0.15) is 0 Å². The second-order valence-electron chi connectivity index (χ2n) is 3.45. The third kappa shape index (κ3) is 4.99. The molecular weight excluding hydrogens is 211 g/mol. The van der Waals surface area contributed by atoms with E-state index in [1.807, 2.05) is 7.05 Å². The number of hydrogen-bond donors (Lipinski definition) is 1. The van der Waals surface area contributed by atoms with E-state index in [1.165, 1.54) is 0 Å². The lowest BCUT2D eigenvalue weighted by Gasteiger charge is -2.15. The van der Waals surface area contributed by atoms with E-state index in [4.69, 9.17) is 4.74 Å². The predicted octanol–water partition coefficient (Wildman–Crippen LogP) is 0.606. The number of anilines is 1. The fraction of sp³-hybridized carbons (Fsp3) is 0.600. The number of ether oxygens (including phenoxy) is 1. The third-order valence-electron chi connectivity index (χ3n) is 2.07.